The molecule has 2 atom stereocenters. The summed E-state index contributed by atoms with van der Waals surface area (Å²) in [6, 6.07) is 7.07. The minimum absolute atomic E-state index is 0.0309. The molecule has 2 aromatic rings. The summed E-state index contributed by atoms with van der Waals surface area (Å²) in [4.78, 5) is 46.1. The summed E-state index contributed by atoms with van der Waals surface area (Å²) < 4.78 is 1.54. The number of thiazole rings is 1. The predicted octanol–water partition coefficient (Wildman–Crippen LogP) is 5.12. The lowest BCUT2D eigenvalue weighted by Crippen LogP contribution is -2.52. The molecular formula is C26H35IN4O3S. The van der Waals surface area contributed by atoms with Crippen molar-refractivity contribution in [2.24, 2.45) is 5.92 Å². The first-order chi connectivity index (χ1) is 16.7. The number of rotatable bonds is 10. The molecule has 0 saturated carbocycles. The molecule has 0 bridgehead atoms. The number of hydrogen-bond acceptors (Lipinski definition) is 5. The Kier molecular flexibility index (Phi) is 10.1. The van der Waals surface area contributed by atoms with Crippen molar-refractivity contribution in [1.82, 2.24) is 18.3 Å². The minimum Gasteiger partial charge on any atom is -0.350 e. The van der Waals surface area contributed by atoms with Crippen LogP contribution in [-0.4, -0.2) is 49.3 Å². The number of benzene rings is 1. The topological polar surface area (TPSA) is 82.6 Å². The summed E-state index contributed by atoms with van der Waals surface area (Å²) in [5.74, 6) is 0.122. The summed E-state index contributed by atoms with van der Waals surface area (Å²) in [6.45, 7) is 9.02. The lowest BCUT2D eigenvalue weighted by atomic mass is 10.1. The predicted molar refractivity (Wildman–Crippen MR) is 148 cm³/mol. The number of nitrogens with one attached hydrogen (secondary N) is 1. The number of halogens is 1. The number of aryl methyl sites for hydroxylation is 1. The second kappa shape index (κ2) is 12.8. The first-order valence-corrected chi connectivity index (χ1v) is 14.1. The van der Waals surface area contributed by atoms with Crippen molar-refractivity contribution >= 4 is 51.9 Å². The van der Waals surface area contributed by atoms with Crippen molar-refractivity contribution in [3.63, 3.8) is 0 Å². The van der Waals surface area contributed by atoms with E-state index in [1.807, 2.05) is 66.5 Å². The Bertz CT molecular complexity index is 1020. The van der Waals surface area contributed by atoms with E-state index in [1.165, 1.54) is 0 Å². The van der Waals surface area contributed by atoms with Gasteiger partial charge in [-0.2, -0.15) is 0 Å². The van der Waals surface area contributed by atoms with E-state index in [1.54, 1.807) is 19.4 Å². The monoisotopic (exact) mass is 610 g/mol. The maximum absolute atomic E-state index is 13.4. The van der Waals surface area contributed by atoms with E-state index < -0.39 is 12.1 Å². The quantitative estimate of drug-likeness (QED) is 0.299. The van der Waals surface area contributed by atoms with Gasteiger partial charge >= 0.3 is 0 Å². The molecular weight excluding hydrogens is 575 g/mol. The summed E-state index contributed by atoms with van der Waals surface area (Å²) in [5, 5.41) is 3.01. The Morgan fingerprint density at radius 2 is 1.97 bits per heavy atom. The van der Waals surface area contributed by atoms with Gasteiger partial charge in [0.2, 0.25) is 17.7 Å². The normalized spacial score (nSPS) is 16.4. The van der Waals surface area contributed by atoms with Crippen LogP contribution in [0.3, 0.4) is 0 Å². The Morgan fingerprint density at radius 3 is 2.57 bits per heavy atom. The Labute approximate surface area is 226 Å². The number of carbonyl (C=O) groups excluding carboxylic acids is 3. The lowest BCUT2D eigenvalue weighted by molar-refractivity contribution is -0.144. The molecule has 9 heteroatoms. The highest BCUT2D eigenvalue weighted by molar-refractivity contribution is 14.1. The molecule has 3 rings (SSSR count). The fourth-order valence-corrected chi connectivity index (χ4v) is 5.96. The number of hydrogen-bond donors (Lipinski definition) is 1. The van der Waals surface area contributed by atoms with Gasteiger partial charge in [-0.25, -0.2) is 4.98 Å². The Morgan fingerprint density at radius 1 is 1.26 bits per heavy atom. The van der Waals surface area contributed by atoms with Crippen LogP contribution >= 0.6 is 34.2 Å². The molecule has 0 aliphatic carbocycles. The van der Waals surface area contributed by atoms with E-state index in [-0.39, 0.29) is 17.7 Å². The van der Waals surface area contributed by atoms with E-state index in [4.69, 9.17) is 0 Å². The van der Waals surface area contributed by atoms with Crippen LogP contribution in [0.4, 0.5) is 0 Å². The zero-order valence-corrected chi connectivity index (χ0v) is 23.9. The highest BCUT2D eigenvalue weighted by Gasteiger charge is 2.39. The Balaban J connectivity index is 1.59. The van der Waals surface area contributed by atoms with Gasteiger partial charge in [-0.05, 0) is 49.7 Å². The summed E-state index contributed by atoms with van der Waals surface area (Å²) in [6.07, 6.45) is 3.16. The molecule has 190 valence electrons. The van der Waals surface area contributed by atoms with Crippen LogP contribution in [0.2, 0.25) is 0 Å². The zero-order valence-electron chi connectivity index (χ0n) is 20.9. The molecule has 0 unspecified atom stereocenters. The highest BCUT2D eigenvalue weighted by Crippen LogP contribution is 2.27. The summed E-state index contributed by atoms with van der Waals surface area (Å²) in [7, 11) is 0. The molecule has 1 N–H and O–H groups in total. The SMILES string of the molecule is CC[C@@H](C(=O)N1CCC[C@H]1C(=O)NCc1ccc(-c2scnc2C)cc1)N(I)C(=O)CCC(C)C. The van der Waals surface area contributed by atoms with E-state index in [0.717, 1.165) is 34.5 Å². The van der Waals surface area contributed by atoms with Gasteiger partial charge in [-0.15, -0.1) is 11.3 Å². The van der Waals surface area contributed by atoms with Crippen molar-refractivity contribution in [3.8, 4) is 10.4 Å². The molecule has 2 heterocycles. The van der Waals surface area contributed by atoms with Gasteiger partial charge in [0.1, 0.15) is 12.1 Å². The van der Waals surface area contributed by atoms with Crippen LogP contribution in [0.25, 0.3) is 10.4 Å². The number of carbonyl (C=O) groups is 3. The van der Waals surface area contributed by atoms with Gasteiger partial charge in [0.15, 0.2) is 0 Å². The van der Waals surface area contributed by atoms with Crippen molar-refractivity contribution < 1.29 is 14.4 Å². The van der Waals surface area contributed by atoms with E-state index in [2.05, 4.69) is 24.1 Å². The van der Waals surface area contributed by atoms with Crippen LogP contribution in [0.5, 0.6) is 0 Å². The fraction of sp³-hybridized carbons (Fsp3) is 0.538. The third-order valence-corrected chi connectivity index (χ3v) is 8.57. The third kappa shape index (κ3) is 7.03. The van der Waals surface area contributed by atoms with Crippen molar-refractivity contribution in [2.75, 3.05) is 6.54 Å². The van der Waals surface area contributed by atoms with E-state index in [0.29, 0.717) is 38.3 Å². The van der Waals surface area contributed by atoms with E-state index >= 15 is 0 Å². The number of amides is 3. The maximum atomic E-state index is 13.4. The zero-order chi connectivity index (χ0) is 25.5. The maximum Gasteiger partial charge on any atom is 0.246 e. The second-order valence-electron chi connectivity index (χ2n) is 9.43. The molecule has 1 aromatic carbocycles. The molecule has 0 radical (unpaired) electrons. The van der Waals surface area contributed by atoms with Crippen molar-refractivity contribution in [1.29, 1.82) is 0 Å². The molecule has 7 nitrogen and oxygen atoms in total. The van der Waals surface area contributed by atoms with Crippen molar-refractivity contribution in [3.05, 3.63) is 41.0 Å². The first kappa shape index (κ1) is 27.6. The summed E-state index contributed by atoms with van der Waals surface area (Å²) >= 11 is 3.58. The van der Waals surface area contributed by atoms with Crippen molar-refractivity contribution in [2.45, 2.75) is 78.4 Å². The molecule has 1 aromatic heterocycles. The average molecular weight is 611 g/mol. The largest absolute Gasteiger partial charge is 0.350 e. The first-order valence-electron chi connectivity index (χ1n) is 12.3. The van der Waals surface area contributed by atoms with Crippen LogP contribution in [0, 0.1) is 12.8 Å². The van der Waals surface area contributed by atoms with Gasteiger partial charge in [0.05, 0.1) is 38.9 Å². The number of aromatic nitrogens is 1. The van der Waals surface area contributed by atoms with Gasteiger partial charge in [-0.1, -0.05) is 45.0 Å². The second-order valence-corrected chi connectivity index (χ2v) is 11.3. The van der Waals surface area contributed by atoms with Gasteiger partial charge < -0.3 is 10.2 Å². The average Bonchev–Trinajstić information content (AvgIpc) is 3.51. The fourth-order valence-electron chi connectivity index (χ4n) is 4.28. The molecule has 1 aliphatic heterocycles. The van der Waals surface area contributed by atoms with E-state index in [9.17, 15) is 14.4 Å². The number of likely N-dealkylation sites (tertiary alicyclic amines) is 1. The smallest absolute Gasteiger partial charge is 0.246 e. The van der Waals surface area contributed by atoms with Crippen LogP contribution in [0.1, 0.15) is 64.1 Å². The molecule has 1 aliphatic rings. The Hall–Kier alpha value is -2.01. The molecule has 3 amide bonds. The molecule has 1 fully saturated rings. The van der Waals surface area contributed by atoms with Gasteiger partial charge in [0, 0.05) is 19.5 Å². The van der Waals surface area contributed by atoms with Crippen LogP contribution in [0.15, 0.2) is 29.8 Å². The van der Waals surface area contributed by atoms with Crippen LogP contribution in [-0.2, 0) is 20.9 Å². The van der Waals surface area contributed by atoms with Crippen LogP contribution < -0.4 is 5.32 Å². The number of nitrogens with zero attached hydrogens (tertiary/aromatic N) is 3. The molecule has 0 spiro atoms. The lowest BCUT2D eigenvalue weighted by Gasteiger charge is -2.31. The molecule has 1 saturated heterocycles. The molecule has 35 heavy (non-hydrogen) atoms. The van der Waals surface area contributed by atoms with Gasteiger partial charge in [-0.3, -0.25) is 17.5 Å². The minimum atomic E-state index is -0.550. The van der Waals surface area contributed by atoms with Gasteiger partial charge in [0.25, 0.3) is 0 Å². The summed E-state index contributed by atoms with van der Waals surface area (Å²) in [5.41, 5.74) is 4.97. The highest BCUT2D eigenvalue weighted by atomic mass is 127. The third-order valence-electron chi connectivity index (χ3n) is 6.39. The standard InChI is InChI=1S/C26H35IN4O3S/c1-5-21(31(27)23(32)13-8-17(2)3)26(34)30-14-6-7-22(30)25(33)28-15-19-9-11-20(12-10-19)24-18(4)29-16-35-24/h9-12,16-17,21-22H,5-8,13-15H2,1-4H3,(H,28,33)/t21-,22-/m0/s1.